The number of hydrogen-bond acceptors (Lipinski definition) is 2. The van der Waals surface area contributed by atoms with E-state index in [4.69, 9.17) is 11.6 Å². The number of hydrogen-bond donors (Lipinski definition) is 1. The maximum atomic E-state index is 13.4. The van der Waals surface area contributed by atoms with Gasteiger partial charge in [0.25, 0.3) is 11.9 Å². The fourth-order valence-electron chi connectivity index (χ4n) is 1.32. The Labute approximate surface area is 123 Å². The Balaban J connectivity index is 2.49. The van der Waals surface area contributed by atoms with Crippen molar-refractivity contribution < 1.29 is 17.6 Å². The maximum Gasteiger partial charge on any atom is 0.253 e. The fourth-order valence-corrected chi connectivity index (χ4v) is 2.23. The van der Waals surface area contributed by atoms with Crippen LogP contribution in [0.25, 0.3) is 0 Å². The highest BCUT2D eigenvalue weighted by atomic mass is 127. The lowest BCUT2D eigenvalue weighted by Gasteiger charge is -2.11. The van der Waals surface area contributed by atoms with E-state index < -0.39 is 29.2 Å². The third-order valence-corrected chi connectivity index (χ3v) is 3.17. The van der Waals surface area contributed by atoms with Crippen molar-refractivity contribution in [2.75, 3.05) is 5.32 Å². The minimum Gasteiger partial charge on any atom is -0.349 e. The van der Waals surface area contributed by atoms with Gasteiger partial charge in [0, 0.05) is 3.57 Å². The topological polar surface area (TPSA) is 24.9 Å². The number of halogens is 6. The van der Waals surface area contributed by atoms with Crippen molar-refractivity contribution in [2.24, 2.45) is 0 Å². The highest BCUT2D eigenvalue weighted by Gasteiger charge is 2.21. The second-order valence-corrected chi connectivity index (χ2v) is 5.10. The molecule has 0 spiro atoms. The van der Waals surface area contributed by atoms with Gasteiger partial charge in [-0.15, -0.1) is 0 Å². The van der Waals surface area contributed by atoms with Gasteiger partial charge in [0.05, 0.1) is 10.7 Å². The molecule has 0 saturated carbocycles. The van der Waals surface area contributed by atoms with Crippen molar-refractivity contribution in [3.63, 3.8) is 0 Å². The highest BCUT2D eigenvalue weighted by molar-refractivity contribution is 14.1. The lowest BCUT2D eigenvalue weighted by atomic mass is 10.3. The monoisotopic (exact) mass is 402 g/mol. The van der Waals surface area contributed by atoms with E-state index in [9.17, 15) is 17.6 Å². The van der Waals surface area contributed by atoms with Crippen LogP contribution in [0.4, 0.5) is 28.9 Å². The average molecular weight is 403 g/mol. The zero-order chi connectivity index (χ0) is 14.2. The first-order chi connectivity index (χ1) is 8.90. The van der Waals surface area contributed by atoms with Crippen LogP contribution in [-0.4, -0.2) is 4.98 Å². The highest BCUT2D eigenvalue weighted by Crippen LogP contribution is 2.30. The lowest BCUT2D eigenvalue weighted by Crippen LogP contribution is -2.06. The third kappa shape index (κ3) is 2.92. The van der Waals surface area contributed by atoms with Gasteiger partial charge >= 0.3 is 0 Å². The fraction of sp³-hybridized carbons (Fsp3) is 0. The van der Waals surface area contributed by atoms with Crippen molar-refractivity contribution in [2.45, 2.75) is 0 Å². The average Bonchev–Trinajstić information content (AvgIpc) is 2.34. The molecule has 2 nitrogen and oxygen atoms in total. The Morgan fingerprint density at radius 2 is 1.63 bits per heavy atom. The normalized spacial score (nSPS) is 10.6. The molecule has 1 aromatic heterocycles. The standard InChI is InChI=1S/C11H4ClF4IN2/c12-5-3-4(17)1-2-6(5)18-9-7(13)10(15)19-11(16)8(9)14/h1-3H,(H,18,19). The Morgan fingerprint density at radius 3 is 2.16 bits per heavy atom. The first kappa shape index (κ1) is 14.3. The second kappa shape index (κ2) is 5.49. The molecule has 1 heterocycles. The van der Waals surface area contributed by atoms with Crippen LogP contribution in [0.1, 0.15) is 0 Å². The number of benzene rings is 1. The predicted octanol–water partition coefficient (Wildman–Crippen LogP) is 4.64. The van der Waals surface area contributed by atoms with Gasteiger partial charge in [-0.2, -0.15) is 22.5 Å². The number of pyridine rings is 1. The first-order valence-corrected chi connectivity index (χ1v) is 6.28. The molecule has 100 valence electrons. The van der Waals surface area contributed by atoms with Crippen LogP contribution in [0.3, 0.4) is 0 Å². The molecule has 0 amide bonds. The summed E-state index contributed by atoms with van der Waals surface area (Å²) in [4.78, 5) is 2.45. The summed E-state index contributed by atoms with van der Waals surface area (Å²) in [7, 11) is 0. The molecule has 0 aliphatic rings. The lowest BCUT2D eigenvalue weighted by molar-refractivity contribution is 0.411. The molecule has 8 heteroatoms. The molecule has 0 unspecified atom stereocenters. The Morgan fingerprint density at radius 1 is 1.05 bits per heavy atom. The van der Waals surface area contributed by atoms with E-state index in [0.29, 0.717) is 0 Å². The number of nitrogens with one attached hydrogen (secondary N) is 1. The molecular formula is C11H4ClF4IN2. The summed E-state index contributed by atoms with van der Waals surface area (Å²) in [5.41, 5.74) is -0.863. The van der Waals surface area contributed by atoms with Crippen molar-refractivity contribution in [1.29, 1.82) is 0 Å². The quantitative estimate of drug-likeness (QED) is 0.450. The smallest absolute Gasteiger partial charge is 0.253 e. The number of anilines is 2. The van der Waals surface area contributed by atoms with Crippen LogP contribution in [-0.2, 0) is 0 Å². The van der Waals surface area contributed by atoms with E-state index in [-0.39, 0.29) is 10.7 Å². The molecule has 0 aliphatic carbocycles. The minimum absolute atomic E-state index is 0.116. The molecule has 2 rings (SSSR count). The second-order valence-electron chi connectivity index (χ2n) is 3.45. The van der Waals surface area contributed by atoms with Gasteiger partial charge in [0.1, 0.15) is 5.69 Å². The van der Waals surface area contributed by atoms with Gasteiger partial charge in [0.2, 0.25) is 11.6 Å². The molecule has 0 aliphatic heterocycles. The van der Waals surface area contributed by atoms with E-state index in [1.807, 2.05) is 22.6 Å². The summed E-state index contributed by atoms with van der Waals surface area (Å²) in [6.45, 7) is 0. The minimum atomic E-state index is -1.73. The zero-order valence-electron chi connectivity index (χ0n) is 8.95. The Kier molecular flexibility index (Phi) is 4.14. The van der Waals surface area contributed by atoms with Crippen molar-refractivity contribution >= 4 is 45.6 Å². The summed E-state index contributed by atoms with van der Waals surface area (Å²) < 4.78 is 53.4. The van der Waals surface area contributed by atoms with Crippen LogP contribution >= 0.6 is 34.2 Å². The van der Waals surface area contributed by atoms with E-state index in [1.54, 1.807) is 6.07 Å². The molecule has 1 aromatic carbocycles. The van der Waals surface area contributed by atoms with Crippen LogP contribution in [0, 0.1) is 27.1 Å². The maximum absolute atomic E-state index is 13.4. The van der Waals surface area contributed by atoms with Crippen LogP contribution in [0.2, 0.25) is 5.02 Å². The number of nitrogens with zero attached hydrogens (tertiary/aromatic N) is 1. The molecule has 0 atom stereocenters. The SMILES string of the molecule is Fc1nc(F)c(F)c(Nc2ccc(I)cc2Cl)c1F. The molecule has 0 fully saturated rings. The molecule has 0 bridgehead atoms. The van der Waals surface area contributed by atoms with Gasteiger partial charge in [-0.1, -0.05) is 11.6 Å². The molecule has 0 radical (unpaired) electrons. The van der Waals surface area contributed by atoms with Gasteiger partial charge in [-0.3, -0.25) is 0 Å². The summed E-state index contributed by atoms with van der Waals surface area (Å²) in [6.07, 6.45) is 0. The number of rotatable bonds is 2. The van der Waals surface area contributed by atoms with E-state index >= 15 is 0 Å². The molecule has 1 N–H and O–H groups in total. The Bertz CT molecular complexity index is 625. The van der Waals surface area contributed by atoms with E-state index in [1.165, 1.54) is 12.1 Å². The zero-order valence-corrected chi connectivity index (χ0v) is 11.9. The first-order valence-electron chi connectivity index (χ1n) is 4.82. The van der Waals surface area contributed by atoms with Gasteiger partial charge < -0.3 is 5.32 Å². The number of aromatic nitrogens is 1. The van der Waals surface area contributed by atoms with Crippen LogP contribution < -0.4 is 5.32 Å². The van der Waals surface area contributed by atoms with Crippen molar-refractivity contribution in [3.05, 3.63) is 50.3 Å². The van der Waals surface area contributed by atoms with Gasteiger partial charge in [0.15, 0.2) is 0 Å². The Hall–Kier alpha value is -1.09. The van der Waals surface area contributed by atoms with Gasteiger partial charge in [-0.05, 0) is 40.8 Å². The van der Waals surface area contributed by atoms with E-state index in [0.717, 1.165) is 3.57 Å². The summed E-state index contributed by atoms with van der Waals surface area (Å²) in [6, 6.07) is 4.56. The molecular weight excluding hydrogens is 398 g/mol. The summed E-state index contributed by atoms with van der Waals surface area (Å²) in [5, 5.41) is 2.37. The third-order valence-electron chi connectivity index (χ3n) is 2.19. The summed E-state index contributed by atoms with van der Waals surface area (Å²) in [5.74, 6) is -6.70. The van der Waals surface area contributed by atoms with Gasteiger partial charge in [-0.25, -0.2) is 0 Å². The van der Waals surface area contributed by atoms with Crippen molar-refractivity contribution in [1.82, 2.24) is 4.98 Å². The van der Waals surface area contributed by atoms with Crippen molar-refractivity contribution in [3.8, 4) is 0 Å². The van der Waals surface area contributed by atoms with E-state index in [2.05, 4.69) is 10.3 Å². The predicted molar refractivity (Wildman–Crippen MR) is 71.5 cm³/mol. The van der Waals surface area contributed by atoms with Crippen LogP contribution in [0.15, 0.2) is 18.2 Å². The molecule has 0 saturated heterocycles. The largest absolute Gasteiger partial charge is 0.349 e. The summed E-state index contributed by atoms with van der Waals surface area (Å²) >= 11 is 7.84. The molecule has 2 aromatic rings. The van der Waals surface area contributed by atoms with Crippen LogP contribution in [0.5, 0.6) is 0 Å². The molecule has 19 heavy (non-hydrogen) atoms.